The molecule has 0 aromatic rings. The van der Waals surface area contributed by atoms with Crippen molar-refractivity contribution in [1.29, 1.82) is 0 Å². The van der Waals surface area contributed by atoms with Gasteiger partial charge >= 0.3 is 0 Å². The molecule has 6 N–H and O–H groups in total. The molecule has 0 aromatic heterocycles. The highest BCUT2D eigenvalue weighted by atomic mass is 16.7. The summed E-state index contributed by atoms with van der Waals surface area (Å²) < 4.78 is 0. The van der Waals surface area contributed by atoms with E-state index in [0.717, 1.165) is 0 Å². The van der Waals surface area contributed by atoms with Gasteiger partial charge in [0.05, 0.1) is 6.04 Å². The van der Waals surface area contributed by atoms with Crippen molar-refractivity contribution in [2.75, 3.05) is 6.54 Å². The molecular weight excluding hydrogens is 292 g/mol. The van der Waals surface area contributed by atoms with Crippen LogP contribution in [0.1, 0.15) is 33.1 Å². The largest absolute Gasteiger partial charge is 0.370 e. The van der Waals surface area contributed by atoms with Crippen LogP contribution in [0.5, 0.6) is 0 Å². The molecule has 2 atom stereocenters. The van der Waals surface area contributed by atoms with E-state index in [0.29, 0.717) is 19.1 Å². The molecule has 22 heavy (non-hydrogen) atoms. The summed E-state index contributed by atoms with van der Waals surface area (Å²) in [5, 5.41) is 12.3. The van der Waals surface area contributed by atoms with Gasteiger partial charge in [-0.25, -0.2) is 10.1 Å². The second-order valence-electron chi connectivity index (χ2n) is 5.27. The van der Waals surface area contributed by atoms with E-state index in [9.17, 15) is 19.7 Å². The third kappa shape index (κ3) is 9.50. The molecule has 0 aromatic carbocycles. The summed E-state index contributed by atoms with van der Waals surface area (Å²) >= 11 is 0. The topological polar surface area (TPSA) is 166 Å². The van der Waals surface area contributed by atoms with Gasteiger partial charge in [0.15, 0.2) is 17.0 Å². The van der Waals surface area contributed by atoms with Gasteiger partial charge in [0, 0.05) is 6.54 Å². The predicted molar refractivity (Wildman–Crippen MR) is 81.3 cm³/mol. The van der Waals surface area contributed by atoms with Crippen LogP contribution >= 0.6 is 0 Å². The number of aldehydes is 1. The highest BCUT2D eigenvalue weighted by Crippen LogP contribution is 2.05. The molecule has 0 rings (SSSR count). The lowest BCUT2D eigenvalue weighted by molar-refractivity contribution is -0.548. The van der Waals surface area contributed by atoms with Crippen LogP contribution in [0.25, 0.3) is 0 Å². The fourth-order valence-electron chi connectivity index (χ4n) is 1.82. The molecule has 0 aliphatic heterocycles. The molecule has 126 valence electrons. The molecule has 1 amide bonds. The fourth-order valence-corrected chi connectivity index (χ4v) is 1.82. The molecule has 0 aliphatic rings. The van der Waals surface area contributed by atoms with Gasteiger partial charge in [0.1, 0.15) is 6.29 Å². The van der Waals surface area contributed by atoms with Crippen molar-refractivity contribution in [3.63, 3.8) is 0 Å². The number of nitrogens with two attached hydrogens (primary N) is 2. The molecular formula is C12H24N6O4. The highest BCUT2D eigenvalue weighted by molar-refractivity contribution is 5.84. The Morgan fingerprint density at radius 2 is 2.05 bits per heavy atom. The van der Waals surface area contributed by atoms with E-state index in [1.807, 2.05) is 19.3 Å². The maximum Gasteiger partial charge on any atom is 0.248 e. The van der Waals surface area contributed by atoms with Crippen LogP contribution in [0.4, 0.5) is 0 Å². The van der Waals surface area contributed by atoms with Crippen LogP contribution < -0.4 is 22.2 Å². The third-order valence-electron chi connectivity index (χ3n) is 2.74. The summed E-state index contributed by atoms with van der Waals surface area (Å²) in [5.74, 6) is -0.473. The van der Waals surface area contributed by atoms with Crippen molar-refractivity contribution < 1.29 is 14.6 Å². The summed E-state index contributed by atoms with van der Waals surface area (Å²) in [7, 11) is 0. The Labute approximate surface area is 128 Å². The SMILES string of the molecule is CC(C)C[C@@H](C=O)NC(=O)[C@H](CCCN=C(N)N)N[N+](=O)[O-]. The van der Waals surface area contributed by atoms with E-state index in [2.05, 4.69) is 10.3 Å². The Bertz CT molecular complexity index is 408. The molecule has 0 saturated carbocycles. The van der Waals surface area contributed by atoms with Gasteiger partial charge in [-0.2, -0.15) is 0 Å². The minimum absolute atomic E-state index is 0.0822. The molecule has 0 radical (unpaired) electrons. The number of rotatable bonds is 11. The predicted octanol–water partition coefficient (Wildman–Crippen LogP) is -1.08. The van der Waals surface area contributed by atoms with Crippen molar-refractivity contribution in [2.24, 2.45) is 22.4 Å². The maximum atomic E-state index is 12.0. The first-order valence-electron chi connectivity index (χ1n) is 6.97. The maximum absolute atomic E-state index is 12.0. The van der Waals surface area contributed by atoms with Crippen LogP contribution in [0.2, 0.25) is 0 Å². The third-order valence-corrected chi connectivity index (χ3v) is 2.74. The minimum atomic E-state index is -1.06. The lowest BCUT2D eigenvalue weighted by Gasteiger charge is -2.18. The van der Waals surface area contributed by atoms with E-state index >= 15 is 0 Å². The fraction of sp³-hybridized carbons (Fsp3) is 0.750. The molecule has 0 fully saturated rings. The minimum Gasteiger partial charge on any atom is -0.370 e. The molecule has 10 nitrogen and oxygen atoms in total. The van der Waals surface area contributed by atoms with Crippen LogP contribution in [0, 0.1) is 16.0 Å². The monoisotopic (exact) mass is 316 g/mol. The van der Waals surface area contributed by atoms with E-state index in [1.54, 1.807) is 0 Å². The second-order valence-corrected chi connectivity index (χ2v) is 5.27. The van der Waals surface area contributed by atoms with Crippen LogP contribution in [-0.4, -0.2) is 41.8 Å². The van der Waals surface area contributed by atoms with E-state index in [1.165, 1.54) is 0 Å². The summed E-state index contributed by atoms with van der Waals surface area (Å²) in [4.78, 5) is 37.3. The van der Waals surface area contributed by atoms with Gasteiger partial charge in [-0.05, 0) is 25.2 Å². The van der Waals surface area contributed by atoms with Crippen LogP contribution in [0.3, 0.4) is 0 Å². The van der Waals surface area contributed by atoms with E-state index in [4.69, 9.17) is 11.5 Å². The Balaban J connectivity index is 4.58. The van der Waals surface area contributed by atoms with Gasteiger partial charge in [-0.1, -0.05) is 13.8 Å². The van der Waals surface area contributed by atoms with E-state index in [-0.39, 0.29) is 24.8 Å². The van der Waals surface area contributed by atoms with E-state index < -0.39 is 23.0 Å². The summed E-state index contributed by atoms with van der Waals surface area (Å²) in [6.45, 7) is 4.07. The number of hydrazine groups is 1. The number of hydrogen-bond donors (Lipinski definition) is 4. The Hall–Kier alpha value is -2.39. The van der Waals surface area contributed by atoms with Gasteiger partial charge < -0.3 is 21.6 Å². The van der Waals surface area contributed by atoms with Gasteiger partial charge in [-0.3, -0.25) is 9.79 Å². The van der Waals surface area contributed by atoms with Crippen molar-refractivity contribution in [3.8, 4) is 0 Å². The first kappa shape index (κ1) is 19.6. The van der Waals surface area contributed by atoms with Gasteiger partial charge in [0.25, 0.3) is 0 Å². The molecule has 0 spiro atoms. The number of aliphatic imine (C=N–C) groups is 1. The second kappa shape index (κ2) is 10.4. The number of guanidine groups is 1. The Morgan fingerprint density at radius 3 is 2.50 bits per heavy atom. The Kier molecular flexibility index (Phi) is 9.23. The van der Waals surface area contributed by atoms with Crippen molar-refractivity contribution >= 4 is 18.2 Å². The normalized spacial score (nSPS) is 13.0. The zero-order chi connectivity index (χ0) is 17.1. The number of amides is 1. The number of carbonyl (C=O) groups is 2. The summed E-state index contributed by atoms with van der Waals surface area (Å²) in [6, 6.07) is -1.72. The van der Waals surface area contributed by atoms with Crippen molar-refractivity contribution in [3.05, 3.63) is 10.1 Å². The first-order chi connectivity index (χ1) is 10.3. The molecule has 0 heterocycles. The molecule has 0 bridgehead atoms. The number of nitro groups is 1. The first-order valence-corrected chi connectivity index (χ1v) is 6.97. The molecule has 0 saturated heterocycles. The quantitative estimate of drug-likeness (QED) is 0.0939. The average molecular weight is 316 g/mol. The molecule has 10 heteroatoms. The zero-order valence-electron chi connectivity index (χ0n) is 12.8. The summed E-state index contributed by atoms with van der Waals surface area (Å²) in [5.41, 5.74) is 12.3. The number of hydrogen-bond acceptors (Lipinski definition) is 5. The number of carbonyl (C=O) groups excluding carboxylic acids is 2. The zero-order valence-corrected chi connectivity index (χ0v) is 12.8. The van der Waals surface area contributed by atoms with Crippen LogP contribution in [-0.2, 0) is 9.59 Å². The van der Waals surface area contributed by atoms with Gasteiger partial charge in [-0.15, -0.1) is 5.43 Å². The molecule has 0 unspecified atom stereocenters. The van der Waals surface area contributed by atoms with Crippen molar-refractivity contribution in [1.82, 2.24) is 10.7 Å². The standard InChI is InChI=1S/C12H24N6O4/c1-8(2)6-9(7-19)16-11(20)10(17-18(21)22)4-3-5-15-12(13)14/h7-10,17H,3-6H2,1-2H3,(H,16,20)(H4,13,14,15)/t9-,10-/m0/s1. The van der Waals surface area contributed by atoms with Gasteiger partial charge in [0.2, 0.25) is 5.91 Å². The lowest BCUT2D eigenvalue weighted by Crippen LogP contribution is -2.50. The highest BCUT2D eigenvalue weighted by Gasteiger charge is 2.25. The average Bonchev–Trinajstić information content (AvgIpc) is 2.40. The Morgan fingerprint density at radius 1 is 1.41 bits per heavy atom. The summed E-state index contributed by atoms with van der Waals surface area (Å²) in [6.07, 6.45) is 1.64. The lowest BCUT2D eigenvalue weighted by atomic mass is 10.0. The van der Waals surface area contributed by atoms with Crippen LogP contribution in [0.15, 0.2) is 4.99 Å². The number of nitrogens with zero attached hydrogens (tertiary/aromatic N) is 2. The number of nitrogens with one attached hydrogen (secondary N) is 2. The van der Waals surface area contributed by atoms with Crippen molar-refractivity contribution in [2.45, 2.75) is 45.2 Å². The smallest absolute Gasteiger partial charge is 0.248 e. The molecule has 0 aliphatic carbocycles.